The first-order valence-electron chi connectivity index (χ1n) is 5.64. The molecule has 82 valence electrons. The van der Waals surface area contributed by atoms with Crippen LogP contribution in [-0.4, -0.2) is 20.7 Å². The van der Waals surface area contributed by atoms with E-state index in [-0.39, 0.29) is 0 Å². The summed E-state index contributed by atoms with van der Waals surface area (Å²) in [6.07, 6.45) is 2.73. The van der Waals surface area contributed by atoms with Gasteiger partial charge in [0.25, 0.3) is 0 Å². The van der Waals surface area contributed by atoms with E-state index in [4.69, 9.17) is 4.74 Å². The molecule has 1 aromatic rings. The second-order valence-corrected chi connectivity index (χ2v) is 4.24. The van der Waals surface area contributed by atoms with Gasteiger partial charge in [0.2, 0.25) is 0 Å². The van der Waals surface area contributed by atoms with E-state index >= 15 is 0 Å². The fourth-order valence-corrected chi connectivity index (χ4v) is 2.22. The van der Waals surface area contributed by atoms with Crippen molar-refractivity contribution in [2.45, 2.75) is 18.8 Å². The Morgan fingerprint density at radius 2 is 2.13 bits per heavy atom. The summed E-state index contributed by atoms with van der Waals surface area (Å²) in [6, 6.07) is 8.38. The minimum Gasteiger partial charge on any atom is -0.496 e. The fraction of sp³-hybridized carbons (Fsp3) is 0.538. The SMILES string of the molecule is CNCC(c1ccccc1OC)C1CC1. The third-order valence-corrected chi connectivity index (χ3v) is 3.15. The molecular weight excluding hydrogens is 186 g/mol. The molecule has 0 amide bonds. The molecule has 0 spiro atoms. The van der Waals surface area contributed by atoms with Gasteiger partial charge in [0, 0.05) is 12.5 Å². The van der Waals surface area contributed by atoms with Crippen LogP contribution in [0, 0.1) is 5.92 Å². The predicted octanol–water partition coefficient (Wildman–Crippen LogP) is 2.41. The summed E-state index contributed by atoms with van der Waals surface area (Å²) in [5.41, 5.74) is 1.36. The zero-order chi connectivity index (χ0) is 10.7. The third kappa shape index (κ3) is 2.32. The third-order valence-electron chi connectivity index (χ3n) is 3.15. The molecule has 1 aliphatic rings. The maximum atomic E-state index is 5.42. The van der Waals surface area contributed by atoms with Gasteiger partial charge in [0.15, 0.2) is 0 Å². The monoisotopic (exact) mass is 205 g/mol. The van der Waals surface area contributed by atoms with Crippen LogP contribution in [0.2, 0.25) is 0 Å². The van der Waals surface area contributed by atoms with E-state index in [0.29, 0.717) is 5.92 Å². The van der Waals surface area contributed by atoms with Gasteiger partial charge in [0.05, 0.1) is 7.11 Å². The zero-order valence-corrected chi connectivity index (χ0v) is 9.49. The van der Waals surface area contributed by atoms with Gasteiger partial charge >= 0.3 is 0 Å². The van der Waals surface area contributed by atoms with E-state index in [1.54, 1.807) is 7.11 Å². The number of rotatable bonds is 5. The van der Waals surface area contributed by atoms with E-state index in [1.807, 2.05) is 13.1 Å². The predicted molar refractivity (Wildman–Crippen MR) is 62.4 cm³/mol. The van der Waals surface area contributed by atoms with Gasteiger partial charge in [-0.3, -0.25) is 0 Å². The highest BCUT2D eigenvalue weighted by Gasteiger charge is 2.33. The number of benzene rings is 1. The lowest BCUT2D eigenvalue weighted by molar-refractivity contribution is 0.401. The van der Waals surface area contributed by atoms with Crippen molar-refractivity contribution in [3.8, 4) is 5.75 Å². The first-order valence-corrected chi connectivity index (χ1v) is 5.64. The minimum absolute atomic E-state index is 0.617. The van der Waals surface area contributed by atoms with Gasteiger partial charge in [-0.15, -0.1) is 0 Å². The first-order chi connectivity index (χ1) is 7.36. The van der Waals surface area contributed by atoms with Crippen LogP contribution in [0.25, 0.3) is 0 Å². The Balaban J connectivity index is 2.23. The molecule has 0 bridgehead atoms. The Morgan fingerprint density at radius 3 is 2.73 bits per heavy atom. The Morgan fingerprint density at radius 1 is 1.40 bits per heavy atom. The van der Waals surface area contributed by atoms with Gasteiger partial charge in [-0.05, 0) is 37.4 Å². The van der Waals surface area contributed by atoms with Crippen LogP contribution < -0.4 is 10.1 Å². The fourth-order valence-electron chi connectivity index (χ4n) is 2.22. The van der Waals surface area contributed by atoms with Crippen molar-refractivity contribution < 1.29 is 4.74 Å². The van der Waals surface area contributed by atoms with E-state index in [9.17, 15) is 0 Å². The van der Waals surface area contributed by atoms with Gasteiger partial charge < -0.3 is 10.1 Å². The van der Waals surface area contributed by atoms with Crippen molar-refractivity contribution in [2.75, 3.05) is 20.7 Å². The summed E-state index contributed by atoms with van der Waals surface area (Å²) in [4.78, 5) is 0. The topological polar surface area (TPSA) is 21.3 Å². The molecule has 0 radical (unpaired) electrons. The molecule has 2 rings (SSSR count). The number of hydrogen-bond acceptors (Lipinski definition) is 2. The number of nitrogens with one attached hydrogen (secondary N) is 1. The molecule has 2 heteroatoms. The van der Waals surface area contributed by atoms with Gasteiger partial charge in [-0.25, -0.2) is 0 Å². The number of likely N-dealkylation sites (N-methyl/N-ethyl adjacent to an activating group) is 1. The maximum Gasteiger partial charge on any atom is 0.122 e. The average Bonchev–Trinajstić information content (AvgIpc) is 3.10. The van der Waals surface area contributed by atoms with Gasteiger partial charge in [-0.2, -0.15) is 0 Å². The molecule has 1 fully saturated rings. The number of hydrogen-bond donors (Lipinski definition) is 1. The molecule has 1 unspecified atom stereocenters. The molecule has 1 saturated carbocycles. The molecule has 0 aromatic heterocycles. The van der Waals surface area contributed by atoms with Crippen LogP contribution in [0.1, 0.15) is 24.3 Å². The molecule has 15 heavy (non-hydrogen) atoms. The van der Waals surface area contributed by atoms with Crippen molar-refractivity contribution in [3.63, 3.8) is 0 Å². The molecular formula is C13H19NO. The van der Waals surface area contributed by atoms with Gasteiger partial charge in [0.1, 0.15) is 5.75 Å². The smallest absolute Gasteiger partial charge is 0.122 e. The molecule has 2 nitrogen and oxygen atoms in total. The van der Waals surface area contributed by atoms with Crippen molar-refractivity contribution in [3.05, 3.63) is 29.8 Å². The maximum absolute atomic E-state index is 5.42. The highest BCUT2D eigenvalue weighted by Crippen LogP contribution is 2.44. The van der Waals surface area contributed by atoms with Crippen LogP contribution in [-0.2, 0) is 0 Å². The van der Waals surface area contributed by atoms with Crippen LogP contribution >= 0.6 is 0 Å². The molecule has 1 atom stereocenters. The Bertz CT molecular complexity index is 320. The molecule has 1 N–H and O–H groups in total. The van der Waals surface area contributed by atoms with Crippen molar-refractivity contribution in [1.82, 2.24) is 5.32 Å². The van der Waals surface area contributed by atoms with E-state index < -0.39 is 0 Å². The highest BCUT2D eigenvalue weighted by atomic mass is 16.5. The summed E-state index contributed by atoms with van der Waals surface area (Å²) >= 11 is 0. The Labute approximate surface area is 91.6 Å². The van der Waals surface area contributed by atoms with Gasteiger partial charge in [-0.1, -0.05) is 18.2 Å². The lowest BCUT2D eigenvalue weighted by atomic mass is 9.93. The largest absolute Gasteiger partial charge is 0.496 e. The van der Waals surface area contributed by atoms with Crippen LogP contribution in [0.3, 0.4) is 0 Å². The van der Waals surface area contributed by atoms with Crippen LogP contribution in [0.15, 0.2) is 24.3 Å². The molecule has 0 saturated heterocycles. The summed E-state index contributed by atoms with van der Waals surface area (Å²) in [6.45, 7) is 1.05. The van der Waals surface area contributed by atoms with Crippen molar-refractivity contribution >= 4 is 0 Å². The number of methoxy groups -OCH3 is 1. The van der Waals surface area contributed by atoms with Crippen molar-refractivity contribution in [1.29, 1.82) is 0 Å². The highest BCUT2D eigenvalue weighted by molar-refractivity contribution is 5.37. The molecule has 0 heterocycles. The van der Waals surface area contributed by atoms with Crippen LogP contribution in [0.4, 0.5) is 0 Å². The summed E-state index contributed by atoms with van der Waals surface area (Å²) in [7, 11) is 3.77. The Kier molecular flexibility index (Phi) is 3.27. The summed E-state index contributed by atoms with van der Waals surface area (Å²) < 4.78 is 5.42. The molecule has 0 aliphatic heterocycles. The lowest BCUT2D eigenvalue weighted by Gasteiger charge is -2.19. The minimum atomic E-state index is 0.617. The second kappa shape index (κ2) is 4.67. The summed E-state index contributed by atoms with van der Waals surface area (Å²) in [5, 5.41) is 3.28. The van der Waals surface area contributed by atoms with E-state index in [1.165, 1.54) is 18.4 Å². The number of para-hydroxylation sites is 1. The zero-order valence-electron chi connectivity index (χ0n) is 9.49. The summed E-state index contributed by atoms with van der Waals surface area (Å²) in [5.74, 6) is 2.50. The standard InChI is InChI=1S/C13H19NO/c1-14-9-12(10-7-8-10)11-5-3-4-6-13(11)15-2/h3-6,10,12,14H,7-9H2,1-2H3. The Hall–Kier alpha value is -1.02. The van der Waals surface area contributed by atoms with E-state index in [0.717, 1.165) is 18.2 Å². The second-order valence-electron chi connectivity index (χ2n) is 4.24. The average molecular weight is 205 g/mol. The van der Waals surface area contributed by atoms with Crippen molar-refractivity contribution in [2.24, 2.45) is 5.92 Å². The van der Waals surface area contributed by atoms with E-state index in [2.05, 4.69) is 23.5 Å². The molecule has 1 aliphatic carbocycles. The normalized spacial score (nSPS) is 17.5. The number of ether oxygens (including phenoxy) is 1. The molecule has 1 aromatic carbocycles. The quantitative estimate of drug-likeness (QED) is 0.797. The lowest BCUT2D eigenvalue weighted by Crippen LogP contribution is -2.19. The first kappa shape index (κ1) is 10.5. The van der Waals surface area contributed by atoms with Crippen LogP contribution in [0.5, 0.6) is 5.75 Å².